The minimum absolute atomic E-state index is 0.0404. The molecular weight excluding hydrogens is 414 g/mol. The van der Waals surface area contributed by atoms with Crippen molar-refractivity contribution in [3.05, 3.63) is 52.1 Å². The topological polar surface area (TPSA) is 128 Å². The van der Waals surface area contributed by atoms with Gasteiger partial charge in [-0.1, -0.05) is 6.07 Å². The smallest absolute Gasteiger partial charge is 0.274 e. The lowest BCUT2D eigenvalue weighted by Gasteiger charge is -2.22. The molecule has 0 radical (unpaired) electrons. The van der Waals surface area contributed by atoms with Crippen LogP contribution in [0.2, 0.25) is 0 Å². The lowest BCUT2D eigenvalue weighted by Crippen LogP contribution is -2.31. The van der Waals surface area contributed by atoms with Crippen LogP contribution in [0.5, 0.6) is 11.5 Å². The third-order valence-corrected chi connectivity index (χ3v) is 5.78. The number of hydrogen-bond donors (Lipinski definition) is 1. The number of carbonyl (C=O) groups is 1. The summed E-state index contributed by atoms with van der Waals surface area (Å²) < 4.78 is 36.2. The van der Waals surface area contributed by atoms with E-state index in [1.54, 1.807) is 31.2 Å². The van der Waals surface area contributed by atoms with Crippen LogP contribution < -0.4 is 19.1 Å². The molecule has 1 N–H and O–H groups in total. The van der Waals surface area contributed by atoms with Crippen LogP contribution in [0.25, 0.3) is 0 Å². The van der Waals surface area contributed by atoms with Crippen LogP contribution in [0.4, 0.5) is 17.1 Å². The summed E-state index contributed by atoms with van der Waals surface area (Å²) in [7, 11) is -3.58. The Morgan fingerprint density at radius 1 is 1.23 bits per heavy atom. The van der Waals surface area contributed by atoms with Crippen LogP contribution in [0.3, 0.4) is 0 Å². The van der Waals surface area contributed by atoms with Crippen LogP contribution in [0, 0.1) is 17.0 Å². The van der Waals surface area contributed by atoms with Crippen molar-refractivity contribution in [1.82, 2.24) is 0 Å². The van der Waals surface area contributed by atoms with Gasteiger partial charge in [0.1, 0.15) is 0 Å². The number of rotatable bonds is 8. The molecule has 1 heterocycles. The van der Waals surface area contributed by atoms with Crippen molar-refractivity contribution >= 4 is 33.0 Å². The number of hydrogen-bond acceptors (Lipinski definition) is 7. The zero-order chi connectivity index (χ0) is 21.9. The van der Waals surface area contributed by atoms with Gasteiger partial charge in [0, 0.05) is 25.1 Å². The monoisotopic (exact) mass is 435 g/mol. The number of anilines is 2. The molecule has 0 saturated heterocycles. The first-order valence-corrected chi connectivity index (χ1v) is 10.9. The Labute approximate surface area is 173 Å². The molecular formula is C19H21N3O7S. The molecule has 0 spiro atoms. The van der Waals surface area contributed by atoms with Gasteiger partial charge in [0.15, 0.2) is 11.5 Å². The third kappa shape index (κ3) is 4.79. The van der Waals surface area contributed by atoms with Gasteiger partial charge in [0.05, 0.1) is 28.1 Å². The van der Waals surface area contributed by atoms with E-state index in [-0.39, 0.29) is 37.8 Å². The van der Waals surface area contributed by atoms with Gasteiger partial charge >= 0.3 is 0 Å². The fraction of sp³-hybridized carbons (Fsp3) is 0.316. The normalized spacial score (nSPS) is 12.5. The first-order valence-electron chi connectivity index (χ1n) is 9.08. The molecule has 1 aliphatic rings. The second kappa shape index (κ2) is 8.57. The molecule has 1 aliphatic heterocycles. The maximum absolute atomic E-state index is 12.3. The van der Waals surface area contributed by atoms with Crippen LogP contribution in [-0.4, -0.2) is 38.8 Å². The number of sulfonamides is 1. The molecule has 2 aromatic carbocycles. The molecule has 30 heavy (non-hydrogen) atoms. The predicted octanol–water partition coefficient (Wildman–Crippen LogP) is 2.82. The van der Waals surface area contributed by atoms with Crippen LogP contribution >= 0.6 is 0 Å². The van der Waals surface area contributed by atoms with E-state index in [1.165, 1.54) is 16.4 Å². The second-order valence-electron chi connectivity index (χ2n) is 6.73. The van der Waals surface area contributed by atoms with Gasteiger partial charge in [-0.15, -0.1) is 0 Å². The first-order chi connectivity index (χ1) is 14.2. The zero-order valence-electron chi connectivity index (χ0n) is 16.5. The molecule has 10 nitrogen and oxygen atoms in total. The maximum Gasteiger partial charge on any atom is 0.274 e. The van der Waals surface area contributed by atoms with Crippen LogP contribution in [0.1, 0.15) is 18.4 Å². The largest absolute Gasteiger partial charge is 0.454 e. The van der Waals surface area contributed by atoms with E-state index in [1.807, 2.05) is 0 Å². The molecule has 0 bridgehead atoms. The summed E-state index contributed by atoms with van der Waals surface area (Å²) in [4.78, 5) is 22.8. The molecule has 2 aromatic rings. The molecule has 0 atom stereocenters. The lowest BCUT2D eigenvalue weighted by atomic mass is 10.1. The number of carbonyl (C=O) groups excluding carboxylic acids is 1. The average Bonchev–Trinajstić information content (AvgIpc) is 3.13. The lowest BCUT2D eigenvalue weighted by molar-refractivity contribution is -0.385. The number of nitro benzene ring substituents is 1. The molecule has 0 aromatic heterocycles. The summed E-state index contributed by atoms with van der Waals surface area (Å²) in [6.45, 7) is 1.72. The Hall–Kier alpha value is -3.34. The summed E-state index contributed by atoms with van der Waals surface area (Å²) in [6.07, 6.45) is 1.38. The Balaban J connectivity index is 1.64. The molecule has 0 saturated carbocycles. The number of amides is 1. The van der Waals surface area contributed by atoms with E-state index in [0.717, 1.165) is 6.26 Å². The van der Waals surface area contributed by atoms with Gasteiger partial charge in [-0.25, -0.2) is 8.42 Å². The van der Waals surface area contributed by atoms with Crippen molar-refractivity contribution in [1.29, 1.82) is 0 Å². The molecule has 0 unspecified atom stereocenters. The van der Waals surface area contributed by atoms with Gasteiger partial charge in [0.2, 0.25) is 22.7 Å². The fourth-order valence-corrected chi connectivity index (χ4v) is 4.04. The summed E-state index contributed by atoms with van der Waals surface area (Å²) in [6, 6.07) is 9.26. The predicted molar refractivity (Wildman–Crippen MR) is 110 cm³/mol. The molecule has 3 rings (SSSR count). The van der Waals surface area contributed by atoms with Crippen molar-refractivity contribution in [3.63, 3.8) is 0 Å². The maximum atomic E-state index is 12.3. The van der Waals surface area contributed by atoms with Gasteiger partial charge in [-0.3, -0.25) is 19.2 Å². The highest BCUT2D eigenvalue weighted by molar-refractivity contribution is 7.92. The summed E-state index contributed by atoms with van der Waals surface area (Å²) >= 11 is 0. The molecule has 160 valence electrons. The molecule has 11 heteroatoms. The molecule has 1 amide bonds. The fourth-order valence-electron chi connectivity index (χ4n) is 3.08. The summed E-state index contributed by atoms with van der Waals surface area (Å²) in [5, 5.41) is 13.7. The van der Waals surface area contributed by atoms with E-state index < -0.39 is 14.9 Å². The number of nitrogens with one attached hydrogen (secondary N) is 1. The highest BCUT2D eigenvalue weighted by atomic mass is 32.2. The number of nitro groups is 1. The van der Waals surface area contributed by atoms with Crippen LogP contribution in [-0.2, 0) is 14.8 Å². The van der Waals surface area contributed by atoms with E-state index in [9.17, 15) is 23.3 Å². The van der Waals surface area contributed by atoms with Crippen LogP contribution in [0.15, 0.2) is 36.4 Å². The highest BCUT2D eigenvalue weighted by Crippen LogP contribution is 2.36. The van der Waals surface area contributed by atoms with Gasteiger partial charge in [-0.2, -0.15) is 0 Å². The van der Waals surface area contributed by atoms with Gasteiger partial charge < -0.3 is 14.8 Å². The minimum Gasteiger partial charge on any atom is -0.454 e. The zero-order valence-corrected chi connectivity index (χ0v) is 17.3. The van der Waals surface area contributed by atoms with Crippen molar-refractivity contribution in [3.8, 4) is 11.5 Å². The van der Waals surface area contributed by atoms with Gasteiger partial charge in [-0.05, 0) is 31.5 Å². The SMILES string of the molecule is Cc1c(NC(=O)CCCN(c2ccc3c(c2)OCO3)S(C)(=O)=O)cccc1[N+](=O)[O-]. The summed E-state index contributed by atoms with van der Waals surface area (Å²) in [5.41, 5.74) is 1.04. The van der Waals surface area contributed by atoms with Crippen molar-refractivity contribution < 1.29 is 27.6 Å². The average molecular weight is 435 g/mol. The number of ether oxygens (including phenoxy) is 2. The van der Waals surface area contributed by atoms with E-state index >= 15 is 0 Å². The van der Waals surface area contributed by atoms with Crippen molar-refractivity contribution in [2.45, 2.75) is 19.8 Å². The number of benzene rings is 2. The first kappa shape index (κ1) is 21.4. The quantitative estimate of drug-likeness (QED) is 0.499. The van der Waals surface area contributed by atoms with Crippen molar-refractivity contribution in [2.24, 2.45) is 0 Å². The third-order valence-electron chi connectivity index (χ3n) is 4.59. The van der Waals surface area contributed by atoms with E-state index in [0.29, 0.717) is 28.4 Å². The summed E-state index contributed by atoms with van der Waals surface area (Å²) in [5.74, 6) is 0.636. The highest BCUT2D eigenvalue weighted by Gasteiger charge is 2.22. The van der Waals surface area contributed by atoms with Gasteiger partial charge in [0.25, 0.3) is 5.69 Å². The standard InChI is InChI=1S/C19H21N3O7S/c1-13-15(5-3-6-16(13)22(24)25)20-19(23)7-4-10-21(30(2,26)27)14-8-9-17-18(11-14)29-12-28-17/h3,5-6,8-9,11H,4,7,10,12H2,1-2H3,(H,20,23). The number of fused-ring (bicyclic) bond motifs is 1. The Morgan fingerprint density at radius 3 is 2.67 bits per heavy atom. The Kier molecular flexibility index (Phi) is 6.11. The van der Waals surface area contributed by atoms with E-state index in [4.69, 9.17) is 9.47 Å². The second-order valence-corrected chi connectivity index (χ2v) is 8.64. The minimum atomic E-state index is -3.58. The molecule has 0 aliphatic carbocycles. The Bertz CT molecular complexity index is 1090. The molecule has 0 fully saturated rings. The number of nitrogens with zero attached hydrogens (tertiary/aromatic N) is 2. The van der Waals surface area contributed by atoms with E-state index in [2.05, 4.69) is 5.32 Å². The van der Waals surface area contributed by atoms with Crippen molar-refractivity contribution in [2.75, 3.05) is 29.2 Å². The Morgan fingerprint density at radius 2 is 1.97 bits per heavy atom.